The summed E-state index contributed by atoms with van der Waals surface area (Å²) in [5.74, 6) is 0.361. The van der Waals surface area contributed by atoms with Crippen LogP contribution in [-0.4, -0.2) is 28.3 Å². The van der Waals surface area contributed by atoms with Crippen molar-refractivity contribution in [1.82, 2.24) is 9.78 Å². The van der Waals surface area contributed by atoms with Crippen LogP contribution in [0.2, 0.25) is 0 Å². The van der Waals surface area contributed by atoms with Crippen LogP contribution in [-0.2, 0) is 6.42 Å². The highest BCUT2D eigenvalue weighted by atomic mass is 19.1. The fraction of sp³-hybridized carbons (Fsp3) is 0.333. The van der Waals surface area contributed by atoms with Crippen molar-refractivity contribution in [3.8, 4) is 5.69 Å². The number of amides is 1. The molecule has 2 fully saturated rings. The van der Waals surface area contributed by atoms with E-state index in [0.717, 1.165) is 29.5 Å². The van der Waals surface area contributed by atoms with Crippen molar-refractivity contribution >= 4 is 17.3 Å². The first-order valence-electron chi connectivity index (χ1n) is 10.6. The van der Waals surface area contributed by atoms with Crippen molar-refractivity contribution in [1.29, 1.82) is 0 Å². The Hall–Kier alpha value is -3.15. The molecule has 0 spiro atoms. The number of fused-ring (bicyclic) bond motifs is 2. The smallest absolute Gasteiger partial charge is 0.259 e. The van der Waals surface area contributed by atoms with Gasteiger partial charge in [0.25, 0.3) is 5.91 Å². The van der Waals surface area contributed by atoms with Crippen LogP contribution in [0.25, 0.3) is 5.69 Å². The molecule has 1 amide bonds. The second kappa shape index (κ2) is 7.59. The highest BCUT2D eigenvalue weighted by Crippen LogP contribution is 2.40. The van der Waals surface area contributed by atoms with Gasteiger partial charge in [-0.2, -0.15) is 5.10 Å². The number of halogens is 1. The van der Waals surface area contributed by atoms with Gasteiger partial charge in [-0.25, -0.2) is 9.07 Å². The van der Waals surface area contributed by atoms with E-state index in [1.54, 1.807) is 23.0 Å². The maximum atomic E-state index is 13.2. The highest BCUT2D eigenvalue weighted by molar-refractivity contribution is 6.05. The summed E-state index contributed by atoms with van der Waals surface area (Å²) in [6, 6.07) is 14.9. The van der Waals surface area contributed by atoms with E-state index < -0.39 is 0 Å². The molecule has 2 aliphatic rings. The minimum atomic E-state index is -0.299. The molecule has 6 heteroatoms. The van der Waals surface area contributed by atoms with Gasteiger partial charge in [-0.05, 0) is 80.1 Å². The summed E-state index contributed by atoms with van der Waals surface area (Å²) < 4.78 is 14.9. The van der Waals surface area contributed by atoms with Gasteiger partial charge in [0.2, 0.25) is 0 Å². The van der Waals surface area contributed by atoms with Crippen LogP contribution in [0.5, 0.6) is 0 Å². The van der Waals surface area contributed by atoms with E-state index in [9.17, 15) is 9.18 Å². The lowest BCUT2D eigenvalue weighted by atomic mass is 10.1. The number of carbonyl (C=O) groups excluding carboxylic acids is 1. The highest BCUT2D eigenvalue weighted by Gasteiger charge is 2.37. The summed E-state index contributed by atoms with van der Waals surface area (Å²) in [7, 11) is 0. The maximum absolute atomic E-state index is 13.2. The van der Waals surface area contributed by atoms with Gasteiger partial charge in [0.15, 0.2) is 0 Å². The Morgan fingerprint density at radius 3 is 2.47 bits per heavy atom. The standard InChI is InChI=1S/C24H25FN4O/c1-2-23-22(14-26-29(23)20-9-4-17(25)5-10-20)24(30)27-18-6-11-19(12-7-18)28-15-16-3-8-21(28)13-16/h4-7,9-12,14,16,21H,2-3,8,13,15H2,1H3,(H,27,30)/t16-,21-/m0/s1. The molecule has 0 radical (unpaired) electrons. The molecule has 1 aliphatic heterocycles. The Bertz CT molecular complexity index is 1060. The van der Waals surface area contributed by atoms with Gasteiger partial charge in [-0.1, -0.05) is 6.92 Å². The third kappa shape index (κ3) is 3.36. The lowest BCUT2D eigenvalue weighted by molar-refractivity contribution is 0.102. The number of nitrogens with one attached hydrogen (secondary N) is 1. The van der Waals surface area contributed by atoms with Gasteiger partial charge in [0.05, 0.1) is 23.1 Å². The average Bonchev–Trinajstić information content (AvgIpc) is 3.50. The Kier molecular flexibility index (Phi) is 4.77. The first kappa shape index (κ1) is 18.9. The molecule has 1 aromatic heterocycles. The van der Waals surface area contributed by atoms with Crippen LogP contribution in [0.1, 0.15) is 42.2 Å². The number of rotatable bonds is 5. The molecule has 1 N–H and O–H groups in total. The second-order valence-electron chi connectivity index (χ2n) is 8.23. The Balaban J connectivity index is 1.32. The van der Waals surface area contributed by atoms with Crippen LogP contribution in [0, 0.1) is 11.7 Å². The monoisotopic (exact) mass is 404 g/mol. The Labute approximate surface area is 175 Å². The summed E-state index contributed by atoms with van der Waals surface area (Å²) in [4.78, 5) is 15.4. The molecule has 1 saturated heterocycles. The normalized spacial score (nSPS) is 20.0. The Morgan fingerprint density at radius 2 is 1.83 bits per heavy atom. The van der Waals surface area contributed by atoms with E-state index in [4.69, 9.17) is 0 Å². The molecule has 2 heterocycles. The molecule has 0 unspecified atom stereocenters. The quantitative estimate of drug-likeness (QED) is 0.664. The molecule has 5 rings (SSSR count). The molecule has 1 aliphatic carbocycles. The van der Waals surface area contributed by atoms with Crippen molar-refractivity contribution in [2.45, 2.75) is 38.6 Å². The lowest BCUT2D eigenvalue weighted by Gasteiger charge is -2.29. The zero-order valence-corrected chi connectivity index (χ0v) is 17.0. The van der Waals surface area contributed by atoms with Gasteiger partial charge in [-0.3, -0.25) is 4.79 Å². The number of hydrogen-bond donors (Lipinski definition) is 1. The van der Waals surface area contributed by atoms with Gasteiger partial charge in [-0.15, -0.1) is 0 Å². The first-order valence-corrected chi connectivity index (χ1v) is 10.6. The van der Waals surface area contributed by atoms with E-state index in [1.165, 1.54) is 37.1 Å². The molecule has 2 bridgehead atoms. The molecule has 154 valence electrons. The summed E-state index contributed by atoms with van der Waals surface area (Å²) >= 11 is 0. The topological polar surface area (TPSA) is 50.2 Å². The summed E-state index contributed by atoms with van der Waals surface area (Å²) in [6.07, 6.45) is 6.18. The minimum Gasteiger partial charge on any atom is -0.368 e. The summed E-state index contributed by atoms with van der Waals surface area (Å²) in [5, 5.41) is 7.35. The molecular weight excluding hydrogens is 379 g/mol. The molecule has 1 saturated carbocycles. The summed E-state index contributed by atoms with van der Waals surface area (Å²) in [6.45, 7) is 3.13. The molecule has 2 atom stereocenters. The predicted molar refractivity (Wildman–Crippen MR) is 116 cm³/mol. The van der Waals surface area contributed by atoms with E-state index in [2.05, 4.69) is 27.4 Å². The lowest BCUT2D eigenvalue weighted by Crippen LogP contribution is -2.31. The van der Waals surface area contributed by atoms with Crippen LogP contribution >= 0.6 is 0 Å². The molecular formula is C24H25FN4O. The summed E-state index contributed by atoms with van der Waals surface area (Å²) in [5.41, 5.74) is 4.06. The van der Waals surface area contributed by atoms with Crippen molar-refractivity contribution in [2.75, 3.05) is 16.8 Å². The van der Waals surface area contributed by atoms with Crippen LogP contribution in [0.4, 0.5) is 15.8 Å². The number of benzene rings is 2. The third-order valence-electron chi connectivity index (χ3n) is 6.39. The number of anilines is 2. The van der Waals surface area contributed by atoms with E-state index >= 15 is 0 Å². The van der Waals surface area contributed by atoms with Crippen molar-refractivity contribution < 1.29 is 9.18 Å². The number of piperidine rings is 1. The van der Waals surface area contributed by atoms with Crippen molar-refractivity contribution in [3.05, 3.63) is 71.8 Å². The van der Waals surface area contributed by atoms with Crippen LogP contribution < -0.4 is 10.2 Å². The minimum absolute atomic E-state index is 0.187. The zero-order valence-electron chi connectivity index (χ0n) is 17.0. The average molecular weight is 404 g/mol. The van der Waals surface area contributed by atoms with Crippen molar-refractivity contribution in [3.63, 3.8) is 0 Å². The fourth-order valence-electron chi connectivity index (χ4n) is 4.88. The molecule has 2 aromatic carbocycles. The molecule has 5 nitrogen and oxygen atoms in total. The largest absolute Gasteiger partial charge is 0.368 e. The second-order valence-corrected chi connectivity index (χ2v) is 8.23. The molecule has 3 aromatic rings. The zero-order chi connectivity index (χ0) is 20.7. The van der Waals surface area contributed by atoms with Crippen LogP contribution in [0.15, 0.2) is 54.7 Å². The van der Waals surface area contributed by atoms with E-state index in [0.29, 0.717) is 18.0 Å². The number of nitrogens with zero attached hydrogens (tertiary/aromatic N) is 3. The fourth-order valence-corrected chi connectivity index (χ4v) is 4.88. The van der Waals surface area contributed by atoms with Gasteiger partial charge < -0.3 is 10.2 Å². The van der Waals surface area contributed by atoms with E-state index in [-0.39, 0.29) is 11.7 Å². The van der Waals surface area contributed by atoms with Gasteiger partial charge in [0.1, 0.15) is 5.82 Å². The SMILES string of the molecule is CCc1c(C(=O)Nc2ccc(N3C[C@H]4CC[C@H]3C4)cc2)cnn1-c1ccc(F)cc1. The van der Waals surface area contributed by atoms with Gasteiger partial charge in [0, 0.05) is 24.0 Å². The van der Waals surface area contributed by atoms with Crippen molar-refractivity contribution in [2.24, 2.45) is 5.92 Å². The first-order chi connectivity index (χ1) is 14.6. The number of hydrogen-bond acceptors (Lipinski definition) is 3. The number of carbonyl (C=O) groups is 1. The van der Waals surface area contributed by atoms with E-state index in [1.807, 2.05) is 19.1 Å². The van der Waals surface area contributed by atoms with Crippen LogP contribution in [0.3, 0.4) is 0 Å². The predicted octanol–water partition coefficient (Wildman–Crippen LogP) is 4.81. The number of aromatic nitrogens is 2. The maximum Gasteiger partial charge on any atom is 0.259 e. The Morgan fingerprint density at radius 1 is 1.10 bits per heavy atom. The van der Waals surface area contributed by atoms with Gasteiger partial charge >= 0.3 is 0 Å². The third-order valence-corrected chi connectivity index (χ3v) is 6.39. The molecule has 30 heavy (non-hydrogen) atoms.